The van der Waals surface area contributed by atoms with Crippen molar-refractivity contribution < 1.29 is 17.6 Å². The highest BCUT2D eigenvalue weighted by Gasteiger charge is 2.39. The molecule has 1 atom stereocenters. The van der Waals surface area contributed by atoms with Gasteiger partial charge in [0, 0.05) is 0 Å². The van der Waals surface area contributed by atoms with Crippen LogP contribution in [0.15, 0.2) is 4.42 Å². The number of nitrogens with zero attached hydrogens (tertiary/aromatic N) is 1. The maximum absolute atomic E-state index is 12.4. The summed E-state index contributed by atoms with van der Waals surface area (Å²) in [6, 6.07) is -0.103. The highest BCUT2D eigenvalue weighted by Crippen LogP contribution is 2.33. The largest absolute Gasteiger partial charge is 0.468 e. The van der Waals surface area contributed by atoms with Crippen LogP contribution < -0.4 is 5.32 Å². The topological polar surface area (TPSA) is 38.1 Å². The van der Waals surface area contributed by atoms with Crippen molar-refractivity contribution in [3.63, 3.8) is 0 Å². The molecule has 0 spiro atoms. The number of hydrogen-bond donors (Lipinski definition) is 1. The van der Waals surface area contributed by atoms with E-state index < -0.39 is 12.1 Å². The quantitative estimate of drug-likeness (QED) is 0.811. The van der Waals surface area contributed by atoms with E-state index in [1.165, 1.54) is 6.92 Å². The minimum atomic E-state index is -4.50. The molecule has 1 aromatic heterocycles. The summed E-state index contributed by atoms with van der Waals surface area (Å²) in [7, 11) is 0. The van der Waals surface area contributed by atoms with Crippen LogP contribution >= 0.6 is 0 Å². The fourth-order valence-corrected chi connectivity index (χ4v) is 1.94. The minimum Gasteiger partial charge on any atom is -0.438 e. The number of oxazole rings is 1. The van der Waals surface area contributed by atoms with Crippen molar-refractivity contribution >= 4 is 0 Å². The second-order valence-electron chi connectivity index (χ2n) is 3.96. The van der Waals surface area contributed by atoms with E-state index in [0.29, 0.717) is 5.69 Å². The Balaban J connectivity index is 2.24. The smallest absolute Gasteiger partial charge is 0.438 e. The predicted octanol–water partition coefficient (Wildman–Crippen LogP) is 2.82. The van der Waals surface area contributed by atoms with E-state index in [-0.39, 0.29) is 11.8 Å². The molecule has 0 aromatic carbocycles. The lowest BCUT2D eigenvalue weighted by atomic mass is 10.0. The summed E-state index contributed by atoms with van der Waals surface area (Å²) in [5.41, 5.74) is 0.395. The van der Waals surface area contributed by atoms with Gasteiger partial charge in [-0.15, -0.1) is 0 Å². The van der Waals surface area contributed by atoms with Crippen LogP contribution in [0.5, 0.6) is 0 Å². The zero-order valence-corrected chi connectivity index (χ0v) is 8.90. The maximum Gasteiger partial charge on any atom is 0.468 e. The molecule has 0 amide bonds. The average molecular weight is 234 g/mol. The first-order valence-corrected chi connectivity index (χ1v) is 5.26. The number of aryl methyl sites for hydroxylation is 1. The Morgan fingerprint density at radius 3 is 2.62 bits per heavy atom. The highest BCUT2D eigenvalue weighted by atomic mass is 19.4. The molecule has 0 radical (unpaired) electrons. The van der Waals surface area contributed by atoms with Crippen LogP contribution in [-0.4, -0.2) is 11.5 Å². The summed E-state index contributed by atoms with van der Waals surface area (Å²) in [6.45, 7) is 2.34. The van der Waals surface area contributed by atoms with Gasteiger partial charge in [0.2, 0.25) is 0 Å². The lowest BCUT2D eigenvalue weighted by molar-refractivity contribution is -0.157. The molecule has 0 saturated carbocycles. The van der Waals surface area contributed by atoms with Gasteiger partial charge in [0.25, 0.3) is 0 Å². The van der Waals surface area contributed by atoms with E-state index in [1.807, 2.05) is 0 Å². The molecular formula is C10H13F3N2O. The molecule has 16 heavy (non-hydrogen) atoms. The molecule has 1 unspecified atom stereocenters. The Morgan fingerprint density at radius 2 is 2.12 bits per heavy atom. The van der Waals surface area contributed by atoms with Crippen molar-refractivity contribution in [1.82, 2.24) is 10.3 Å². The number of hydrogen-bond acceptors (Lipinski definition) is 3. The first kappa shape index (κ1) is 11.4. The van der Waals surface area contributed by atoms with E-state index in [2.05, 4.69) is 14.7 Å². The van der Waals surface area contributed by atoms with Crippen molar-refractivity contribution in [1.29, 1.82) is 0 Å². The predicted molar refractivity (Wildman–Crippen MR) is 50.8 cm³/mol. The van der Waals surface area contributed by atoms with Gasteiger partial charge >= 0.3 is 12.1 Å². The first-order chi connectivity index (χ1) is 7.48. The number of aromatic nitrogens is 1. The Morgan fingerprint density at radius 1 is 1.38 bits per heavy atom. The van der Waals surface area contributed by atoms with Crippen molar-refractivity contribution in [2.45, 2.75) is 38.4 Å². The van der Waals surface area contributed by atoms with Crippen LogP contribution in [0, 0.1) is 6.92 Å². The molecule has 0 aliphatic carbocycles. The third-order valence-corrected chi connectivity index (χ3v) is 2.72. The van der Waals surface area contributed by atoms with Gasteiger partial charge in [0.05, 0.1) is 11.7 Å². The lowest BCUT2D eigenvalue weighted by Gasteiger charge is -2.21. The second-order valence-corrected chi connectivity index (χ2v) is 3.96. The average Bonchev–Trinajstić information content (AvgIpc) is 2.61. The van der Waals surface area contributed by atoms with Gasteiger partial charge in [-0.3, -0.25) is 0 Å². The Bertz CT molecular complexity index is 367. The zero-order chi connectivity index (χ0) is 11.8. The zero-order valence-electron chi connectivity index (χ0n) is 8.90. The van der Waals surface area contributed by atoms with Gasteiger partial charge in [-0.1, -0.05) is 6.42 Å². The molecule has 1 N–H and O–H groups in total. The second kappa shape index (κ2) is 4.08. The molecular weight excluding hydrogens is 221 g/mol. The van der Waals surface area contributed by atoms with E-state index in [0.717, 1.165) is 25.8 Å². The summed E-state index contributed by atoms with van der Waals surface area (Å²) in [5.74, 6) is -0.890. The molecule has 1 saturated heterocycles. The normalized spacial score (nSPS) is 22.4. The van der Waals surface area contributed by atoms with Crippen LogP contribution in [0.1, 0.15) is 42.6 Å². The fraction of sp³-hybridized carbons (Fsp3) is 0.700. The molecule has 6 heteroatoms. The third-order valence-electron chi connectivity index (χ3n) is 2.72. The lowest BCUT2D eigenvalue weighted by Crippen LogP contribution is -2.27. The molecule has 2 rings (SSSR count). The molecule has 1 fully saturated rings. The van der Waals surface area contributed by atoms with E-state index in [9.17, 15) is 13.2 Å². The van der Waals surface area contributed by atoms with Crippen LogP contribution in [0.4, 0.5) is 13.2 Å². The number of alkyl halides is 3. The number of rotatable bonds is 1. The SMILES string of the molecule is Cc1oc(C(F)(F)F)nc1C1CCCCN1. The van der Waals surface area contributed by atoms with E-state index >= 15 is 0 Å². The molecule has 1 aliphatic rings. The molecule has 1 aliphatic heterocycles. The van der Waals surface area contributed by atoms with Gasteiger partial charge < -0.3 is 9.73 Å². The van der Waals surface area contributed by atoms with Crippen LogP contribution in [-0.2, 0) is 6.18 Å². The summed E-state index contributed by atoms with van der Waals surface area (Å²) >= 11 is 0. The maximum atomic E-state index is 12.4. The number of halogens is 3. The van der Waals surface area contributed by atoms with Gasteiger partial charge in [-0.2, -0.15) is 13.2 Å². The van der Waals surface area contributed by atoms with Crippen molar-refractivity contribution in [3.05, 3.63) is 17.3 Å². The number of piperidine rings is 1. The molecule has 0 bridgehead atoms. The van der Waals surface area contributed by atoms with Crippen molar-refractivity contribution in [2.75, 3.05) is 6.54 Å². The summed E-state index contributed by atoms with van der Waals surface area (Å²) in [6.07, 6.45) is -1.63. The van der Waals surface area contributed by atoms with Gasteiger partial charge in [0.1, 0.15) is 5.76 Å². The standard InChI is InChI=1S/C10H13F3N2O/c1-6-8(7-4-2-3-5-14-7)15-9(16-6)10(11,12)13/h7,14H,2-5H2,1H3. The number of nitrogens with one attached hydrogen (secondary N) is 1. The van der Waals surface area contributed by atoms with Gasteiger partial charge in [0.15, 0.2) is 0 Å². The summed E-state index contributed by atoms with van der Waals surface area (Å²) in [5, 5.41) is 3.15. The van der Waals surface area contributed by atoms with Crippen LogP contribution in [0.3, 0.4) is 0 Å². The molecule has 1 aromatic rings. The monoisotopic (exact) mass is 234 g/mol. The Hall–Kier alpha value is -1.04. The van der Waals surface area contributed by atoms with Gasteiger partial charge in [-0.25, -0.2) is 4.98 Å². The first-order valence-electron chi connectivity index (χ1n) is 5.26. The molecule has 2 heterocycles. The van der Waals surface area contributed by atoms with Crippen LogP contribution in [0.2, 0.25) is 0 Å². The van der Waals surface area contributed by atoms with Crippen LogP contribution in [0.25, 0.3) is 0 Å². The summed E-state index contributed by atoms with van der Waals surface area (Å²) in [4.78, 5) is 3.55. The summed E-state index contributed by atoms with van der Waals surface area (Å²) < 4.78 is 41.8. The molecule has 90 valence electrons. The van der Waals surface area contributed by atoms with Crippen molar-refractivity contribution in [2.24, 2.45) is 0 Å². The Kier molecular flexibility index (Phi) is 2.92. The third kappa shape index (κ3) is 2.21. The minimum absolute atomic E-state index is 0.103. The highest BCUT2D eigenvalue weighted by molar-refractivity contribution is 5.14. The van der Waals surface area contributed by atoms with E-state index in [4.69, 9.17) is 0 Å². The van der Waals surface area contributed by atoms with E-state index in [1.54, 1.807) is 0 Å². The fourth-order valence-electron chi connectivity index (χ4n) is 1.94. The Labute approximate surface area is 91.0 Å². The van der Waals surface area contributed by atoms with Gasteiger partial charge in [-0.05, 0) is 26.3 Å². The molecule has 3 nitrogen and oxygen atoms in total. The van der Waals surface area contributed by atoms with Crippen molar-refractivity contribution in [3.8, 4) is 0 Å².